The zero-order valence-electron chi connectivity index (χ0n) is 16.2. The van der Waals surface area contributed by atoms with Gasteiger partial charge in [-0.25, -0.2) is 4.98 Å². The zero-order chi connectivity index (χ0) is 20.5. The largest absolute Gasteiger partial charge is 0.494 e. The number of ether oxygens (including phenoxy) is 1. The van der Waals surface area contributed by atoms with Gasteiger partial charge in [-0.05, 0) is 43.3 Å². The summed E-state index contributed by atoms with van der Waals surface area (Å²) in [5.74, 6) is 1.05. The monoisotopic (exact) mass is 434 g/mol. The highest BCUT2D eigenvalue weighted by Crippen LogP contribution is 2.33. The smallest absolute Gasteiger partial charge is 0.234 e. The van der Waals surface area contributed by atoms with Crippen LogP contribution in [-0.4, -0.2) is 23.3 Å². The van der Waals surface area contributed by atoms with Crippen LogP contribution in [0, 0.1) is 0 Å². The number of hydrogen-bond donors (Lipinski definition) is 1. The van der Waals surface area contributed by atoms with Gasteiger partial charge >= 0.3 is 0 Å². The minimum atomic E-state index is -0.0790. The van der Waals surface area contributed by atoms with Gasteiger partial charge in [0.15, 0.2) is 4.34 Å². The Morgan fingerprint density at radius 2 is 1.97 bits per heavy atom. The second-order valence-corrected chi connectivity index (χ2v) is 8.94. The van der Waals surface area contributed by atoms with Crippen molar-refractivity contribution in [3.05, 3.63) is 60.7 Å². The van der Waals surface area contributed by atoms with Crippen LogP contribution in [0.15, 0.2) is 69.4 Å². The van der Waals surface area contributed by atoms with Gasteiger partial charge in [0, 0.05) is 22.5 Å². The highest BCUT2D eigenvalue weighted by Gasteiger charge is 2.11. The van der Waals surface area contributed by atoms with E-state index in [0.29, 0.717) is 6.61 Å². The molecule has 0 radical (unpaired) electrons. The number of para-hydroxylation sites is 1. The molecule has 7 heteroatoms. The predicted molar refractivity (Wildman–Crippen MR) is 124 cm³/mol. The van der Waals surface area contributed by atoms with Gasteiger partial charge in [-0.1, -0.05) is 30.0 Å². The minimum absolute atomic E-state index is 0.0790. The number of rotatable bonds is 6. The van der Waals surface area contributed by atoms with Gasteiger partial charge in [0.2, 0.25) is 5.91 Å². The van der Waals surface area contributed by atoms with Gasteiger partial charge < -0.3 is 14.5 Å². The first-order chi connectivity index (χ1) is 14.7. The van der Waals surface area contributed by atoms with Crippen molar-refractivity contribution >= 4 is 66.8 Å². The number of nitrogens with zero attached hydrogens (tertiary/aromatic N) is 1. The van der Waals surface area contributed by atoms with Crippen LogP contribution in [-0.2, 0) is 4.79 Å². The number of carbonyl (C=O) groups is 1. The Labute approximate surface area is 181 Å². The van der Waals surface area contributed by atoms with Crippen LogP contribution >= 0.6 is 23.1 Å². The molecule has 2 aromatic heterocycles. The summed E-state index contributed by atoms with van der Waals surface area (Å²) in [7, 11) is 0. The second-order valence-electron chi connectivity index (χ2n) is 6.69. The number of carbonyl (C=O) groups excluding carboxylic acids is 1. The standard InChI is InChI=1S/C23H18N2O3S2/c1-2-27-15-8-10-18-21(12-15)30-23(25-18)29-13-22(26)24-14-7-9-17-16-5-3-4-6-19(16)28-20(17)11-14/h3-12H,2,13H2,1H3,(H,24,26). The van der Waals surface area contributed by atoms with E-state index in [0.717, 1.165) is 47.9 Å². The SMILES string of the molecule is CCOc1ccc2nc(SCC(=O)Nc3ccc4c(c3)oc3ccccc34)sc2c1. The number of benzene rings is 3. The molecule has 1 amide bonds. The van der Waals surface area contributed by atoms with E-state index in [4.69, 9.17) is 9.15 Å². The Morgan fingerprint density at radius 1 is 1.10 bits per heavy atom. The number of thioether (sulfide) groups is 1. The Morgan fingerprint density at radius 3 is 2.87 bits per heavy atom. The summed E-state index contributed by atoms with van der Waals surface area (Å²) in [6.45, 7) is 2.59. The molecular formula is C23H18N2O3S2. The van der Waals surface area contributed by atoms with Crippen molar-refractivity contribution in [1.29, 1.82) is 0 Å². The summed E-state index contributed by atoms with van der Waals surface area (Å²) in [5.41, 5.74) is 3.24. The highest BCUT2D eigenvalue weighted by molar-refractivity contribution is 8.01. The lowest BCUT2D eigenvalue weighted by atomic mass is 10.1. The van der Waals surface area contributed by atoms with E-state index in [1.54, 1.807) is 11.3 Å². The third-order valence-electron chi connectivity index (χ3n) is 4.64. The van der Waals surface area contributed by atoms with Crippen molar-refractivity contribution in [3.63, 3.8) is 0 Å². The Bertz CT molecular complexity index is 1370. The Kier molecular flexibility index (Phi) is 5.06. The van der Waals surface area contributed by atoms with Gasteiger partial charge in [-0.2, -0.15) is 0 Å². The van der Waals surface area contributed by atoms with Crippen LogP contribution in [0.25, 0.3) is 32.2 Å². The molecule has 0 unspecified atom stereocenters. The van der Waals surface area contributed by atoms with Gasteiger partial charge in [0.05, 0.1) is 22.6 Å². The number of amides is 1. The molecule has 5 rings (SSSR count). The van der Waals surface area contributed by atoms with Crippen molar-refractivity contribution in [2.24, 2.45) is 0 Å². The summed E-state index contributed by atoms with van der Waals surface area (Å²) >= 11 is 3.00. The van der Waals surface area contributed by atoms with Crippen LogP contribution in [0.4, 0.5) is 5.69 Å². The van der Waals surface area contributed by atoms with Crippen molar-refractivity contribution < 1.29 is 13.9 Å². The number of furan rings is 1. The molecule has 30 heavy (non-hydrogen) atoms. The average Bonchev–Trinajstić information content (AvgIpc) is 3.32. The molecule has 0 aliphatic rings. The minimum Gasteiger partial charge on any atom is -0.494 e. The molecule has 0 spiro atoms. The fourth-order valence-corrected chi connectivity index (χ4v) is 5.23. The lowest BCUT2D eigenvalue weighted by molar-refractivity contribution is -0.113. The molecule has 0 atom stereocenters. The number of thiazole rings is 1. The molecule has 150 valence electrons. The van der Waals surface area contributed by atoms with E-state index in [1.165, 1.54) is 11.8 Å². The number of hydrogen-bond acceptors (Lipinski definition) is 6. The van der Waals surface area contributed by atoms with Crippen LogP contribution in [0.3, 0.4) is 0 Å². The van der Waals surface area contributed by atoms with Gasteiger partial charge in [-0.3, -0.25) is 4.79 Å². The fraction of sp³-hybridized carbons (Fsp3) is 0.130. The average molecular weight is 435 g/mol. The van der Waals surface area contributed by atoms with Gasteiger partial charge in [0.1, 0.15) is 16.9 Å². The molecule has 0 aliphatic carbocycles. The number of anilines is 1. The van der Waals surface area contributed by atoms with E-state index >= 15 is 0 Å². The maximum atomic E-state index is 12.4. The van der Waals surface area contributed by atoms with Crippen molar-refractivity contribution in [2.45, 2.75) is 11.3 Å². The molecule has 0 aliphatic heterocycles. The first-order valence-electron chi connectivity index (χ1n) is 9.57. The lowest BCUT2D eigenvalue weighted by Gasteiger charge is -2.04. The third-order valence-corrected chi connectivity index (χ3v) is 6.80. The van der Waals surface area contributed by atoms with Gasteiger partial charge in [0.25, 0.3) is 0 Å². The topological polar surface area (TPSA) is 64.4 Å². The molecular weight excluding hydrogens is 416 g/mol. The van der Waals surface area contributed by atoms with Crippen LogP contribution in [0.2, 0.25) is 0 Å². The molecule has 0 saturated carbocycles. The molecule has 5 aromatic rings. The maximum absolute atomic E-state index is 12.4. The number of fused-ring (bicyclic) bond motifs is 4. The number of aromatic nitrogens is 1. The number of nitrogens with one attached hydrogen (secondary N) is 1. The zero-order valence-corrected chi connectivity index (χ0v) is 17.8. The third kappa shape index (κ3) is 3.74. The summed E-state index contributed by atoms with van der Waals surface area (Å²) in [6, 6.07) is 19.5. The van der Waals surface area contributed by atoms with E-state index in [-0.39, 0.29) is 11.7 Å². The molecule has 0 fully saturated rings. The molecule has 0 bridgehead atoms. The quantitative estimate of drug-likeness (QED) is 0.317. The first kappa shape index (κ1) is 19.0. The van der Waals surface area contributed by atoms with Crippen molar-refractivity contribution in [1.82, 2.24) is 4.98 Å². The predicted octanol–water partition coefficient (Wildman–Crippen LogP) is 6.33. The molecule has 2 heterocycles. The lowest BCUT2D eigenvalue weighted by Crippen LogP contribution is -2.13. The maximum Gasteiger partial charge on any atom is 0.234 e. The fourth-order valence-electron chi connectivity index (χ4n) is 3.33. The second kappa shape index (κ2) is 8.01. The van der Waals surface area contributed by atoms with Gasteiger partial charge in [-0.15, -0.1) is 11.3 Å². The molecule has 1 N–H and O–H groups in total. The molecule has 5 nitrogen and oxygen atoms in total. The van der Waals surface area contributed by atoms with E-state index in [2.05, 4.69) is 10.3 Å². The van der Waals surface area contributed by atoms with Crippen molar-refractivity contribution in [3.8, 4) is 5.75 Å². The summed E-state index contributed by atoms with van der Waals surface area (Å²) < 4.78 is 13.3. The summed E-state index contributed by atoms with van der Waals surface area (Å²) in [6.07, 6.45) is 0. The molecule has 0 saturated heterocycles. The van der Waals surface area contributed by atoms with E-state index in [1.807, 2.05) is 67.6 Å². The first-order valence-corrected chi connectivity index (χ1v) is 11.4. The molecule has 3 aromatic carbocycles. The Balaban J connectivity index is 1.26. The van der Waals surface area contributed by atoms with Crippen LogP contribution in [0.5, 0.6) is 5.75 Å². The Hall–Kier alpha value is -3.03. The summed E-state index contributed by atoms with van der Waals surface area (Å²) in [4.78, 5) is 17.0. The van der Waals surface area contributed by atoms with Crippen LogP contribution in [0.1, 0.15) is 6.92 Å². The summed E-state index contributed by atoms with van der Waals surface area (Å²) in [5, 5.41) is 5.06. The van der Waals surface area contributed by atoms with Crippen LogP contribution < -0.4 is 10.1 Å². The van der Waals surface area contributed by atoms with Crippen molar-refractivity contribution in [2.75, 3.05) is 17.7 Å². The highest BCUT2D eigenvalue weighted by atomic mass is 32.2. The van der Waals surface area contributed by atoms with E-state index < -0.39 is 0 Å². The van der Waals surface area contributed by atoms with E-state index in [9.17, 15) is 4.79 Å². The normalized spacial score (nSPS) is 11.4.